The molecule has 0 radical (unpaired) electrons. The van der Waals surface area contributed by atoms with Crippen LogP contribution in [0.5, 0.6) is 0 Å². The van der Waals surface area contributed by atoms with Crippen LogP contribution in [0.3, 0.4) is 0 Å². The van der Waals surface area contributed by atoms with Crippen LogP contribution in [-0.2, 0) is 25.5 Å². The van der Waals surface area contributed by atoms with E-state index in [4.69, 9.17) is 32.7 Å². The normalized spacial score (nSPS) is 12.0. The second-order valence-electron chi connectivity index (χ2n) is 4.41. The van der Waals surface area contributed by atoms with Gasteiger partial charge >= 0.3 is 5.97 Å². The fourth-order valence-corrected chi connectivity index (χ4v) is 2.23. The molecule has 0 spiro atoms. The molecule has 22 heavy (non-hydrogen) atoms. The predicted molar refractivity (Wildman–Crippen MR) is 82.4 cm³/mol. The number of hydrogen-bond donors (Lipinski definition) is 2. The maximum absolute atomic E-state index is 11.7. The van der Waals surface area contributed by atoms with E-state index < -0.39 is 17.9 Å². The summed E-state index contributed by atoms with van der Waals surface area (Å²) in [5, 5.41) is 12.3. The molecule has 0 saturated carbocycles. The molecule has 1 rings (SSSR count). The minimum Gasteiger partial charge on any atom is -0.480 e. The highest BCUT2D eigenvalue weighted by molar-refractivity contribution is 6.36. The number of amides is 1. The van der Waals surface area contributed by atoms with Gasteiger partial charge in [-0.05, 0) is 17.7 Å². The molecule has 2 N–H and O–H groups in total. The molecule has 0 aromatic heterocycles. The zero-order chi connectivity index (χ0) is 16.5. The Morgan fingerprint density at radius 2 is 1.91 bits per heavy atom. The van der Waals surface area contributed by atoms with Gasteiger partial charge in [-0.25, -0.2) is 4.79 Å². The molecular formula is C14H17Cl2NO5. The molecule has 6 nitrogen and oxygen atoms in total. The third-order valence-corrected chi connectivity index (χ3v) is 3.48. The lowest BCUT2D eigenvalue weighted by atomic mass is 10.1. The average Bonchev–Trinajstić information content (AvgIpc) is 2.46. The number of carbonyl (C=O) groups is 2. The monoisotopic (exact) mass is 349 g/mol. The lowest BCUT2D eigenvalue weighted by molar-refractivity contribution is -0.142. The quantitative estimate of drug-likeness (QED) is 0.663. The maximum Gasteiger partial charge on any atom is 0.326 e. The molecule has 8 heteroatoms. The summed E-state index contributed by atoms with van der Waals surface area (Å²) in [6.45, 7) is 0.353. The number of carboxylic acids is 1. The SMILES string of the molecule is COCCOCC(=O)N[C@H](Cc1c(Cl)cccc1Cl)C(=O)O. The van der Waals surface area contributed by atoms with Gasteiger partial charge in [-0.15, -0.1) is 0 Å². The van der Waals surface area contributed by atoms with Crippen LogP contribution in [-0.4, -0.2) is 50.0 Å². The second-order valence-corrected chi connectivity index (χ2v) is 5.22. The van der Waals surface area contributed by atoms with Gasteiger partial charge in [0.1, 0.15) is 12.6 Å². The minimum atomic E-state index is -1.18. The summed E-state index contributed by atoms with van der Waals surface area (Å²) in [5.74, 6) is -1.71. The Kier molecular flexibility index (Phi) is 8.19. The number of benzene rings is 1. The molecule has 0 aliphatic rings. The lowest BCUT2D eigenvalue weighted by Crippen LogP contribution is -2.44. The molecule has 0 aliphatic heterocycles. The van der Waals surface area contributed by atoms with Crippen molar-refractivity contribution in [2.75, 3.05) is 26.9 Å². The highest BCUT2D eigenvalue weighted by atomic mass is 35.5. The van der Waals surface area contributed by atoms with Crippen molar-refractivity contribution in [1.82, 2.24) is 5.32 Å². The van der Waals surface area contributed by atoms with Gasteiger partial charge in [0, 0.05) is 23.6 Å². The topological polar surface area (TPSA) is 84.9 Å². The number of halogens is 2. The van der Waals surface area contributed by atoms with Crippen LogP contribution in [0, 0.1) is 0 Å². The Hall–Kier alpha value is -1.34. The molecular weight excluding hydrogens is 333 g/mol. The number of rotatable bonds is 9. The first-order valence-electron chi connectivity index (χ1n) is 6.47. The van der Waals surface area contributed by atoms with E-state index in [1.54, 1.807) is 18.2 Å². The molecule has 0 saturated heterocycles. The highest BCUT2D eigenvalue weighted by Gasteiger charge is 2.22. The number of carbonyl (C=O) groups excluding carboxylic acids is 1. The molecule has 0 heterocycles. The second kappa shape index (κ2) is 9.63. The first kappa shape index (κ1) is 18.7. The van der Waals surface area contributed by atoms with Crippen molar-refractivity contribution in [1.29, 1.82) is 0 Å². The molecule has 1 aromatic carbocycles. The fourth-order valence-electron chi connectivity index (χ4n) is 1.67. The van der Waals surface area contributed by atoms with Gasteiger partial charge < -0.3 is 19.9 Å². The zero-order valence-electron chi connectivity index (χ0n) is 12.0. The summed E-state index contributed by atoms with van der Waals surface area (Å²) in [6, 6.07) is 3.73. The van der Waals surface area contributed by atoms with E-state index in [0.717, 1.165) is 0 Å². The lowest BCUT2D eigenvalue weighted by Gasteiger charge is -2.16. The van der Waals surface area contributed by atoms with Crippen molar-refractivity contribution >= 4 is 35.1 Å². The van der Waals surface area contributed by atoms with Crippen LogP contribution in [0.15, 0.2) is 18.2 Å². The van der Waals surface area contributed by atoms with Gasteiger partial charge in [-0.1, -0.05) is 29.3 Å². The van der Waals surface area contributed by atoms with Crippen LogP contribution < -0.4 is 5.32 Å². The van der Waals surface area contributed by atoms with E-state index >= 15 is 0 Å². The van der Waals surface area contributed by atoms with E-state index in [-0.39, 0.29) is 19.6 Å². The number of aliphatic carboxylic acids is 1. The van der Waals surface area contributed by atoms with E-state index in [1.165, 1.54) is 7.11 Å². The number of carboxylic acid groups (broad SMARTS) is 1. The largest absolute Gasteiger partial charge is 0.480 e. The maximum atomic E-state index is 11.7. The molecule has 0 aliphatic carbocycles. The summed E-state index contributed by atoms with van der Waals surface area (Å²) < 4.78 is 9.80. The summed E-state index contributed by atoms with van der Waals surface area (Å²) >= 11 is 12.0. The Morgan fingerprint density at radius 3 is 2.45 bits per heavy atom. The van der Waals surface area contributed by atoms with Gasteiger partial charge in [0.25, 0.3) is 0 Å². The van der Waals surface area contributed by atoms with Crippen LogP contribution in [0.2, 0.25) is 10.0 Å². The zero-order valence-corrected chi connectivity index (χ0v) is 13.5. The van der Waals surface area contributed by atoms with E-state index in [0.29, 0.717) is 22.2 Å². The number of ether oxygens (including phenoxy) is 2. The van der Waals surface area contributed by atoms with Crippen LogP contribution in [0.25, 0.3) is 0 Å². The van der Waals surface area contributed by atoms with Crippen LogP contribution >= 0.6 is 23.2 Å². The van der Waals surface area contributed by atoms with Crippen molar-refractivity contribution in [2.45, 2.75) is 12.5 Å². The van der Waals surface area contributed by atoms with Crippen molar-refractivity contribution in [3.05, 3.63) is 33.8 Å². The number of nitrogens with one attached hydrogen (secondary N) is 1. The molecule has 0 bridgehead atoms. The van der Waals surface area contributed by atoms with E-state index in [9.17, 15) is 14.7 Å². The Labute approximate surface area is 138 Å². The van der Waals surface area contributed by atoms with Crippen molar-refractivity contribution in [2.24, 2.45) is 0 Å². The number of hydrogen-bond acceptors (Lipinski definition) is 4. The van der Waals surface area contributed by atoms with Crippen LogP contribution in [0.1, 0.15) is 5.56 Å². The summed E-state index contributed by atoms with van der Waals surface area (Å²) in [4.78, 5) is 23.0. The van der Waals surface area contributed by atoms with Gasteiger partial charge in [0.05, 0.1) is 13.2 Å². The van der Waals surface area contributed by atoms with Gasteiger partial charge in [-0.2, -0.15) is 0 Å². The molecule has 122 valence electrons. The van der Waals surface area contributed by atoms with Gasteiger partial charge in [-0.3, -0.25) is 4.79 Å². The molecule has 1 aromatic rings. The third-order valence-electron chi connectivity index (χ3n) is 2.77. The standard InChI is InChI=1S/C14H17Cl2NO5/c1-21-5-6-22-8-13(18)17-12(14(19)20)7-9-10(15)3-2-4-11(9)16/h2-4,12H,5-8H2,1H3,(H,17,18)(H,19,20)/t12-/m1/s1. The summed E-state index contributed by atoms with van der Waals surface area (Å²) in [6.07, 6.45) is -0.0162. The Morgan fingerprint density at radius 1 is 1.27 bits per heavy atom. The Balaban J connectivity index is 2.63. The average molecular weight is 350 g/mol. The molecule has 0 fully saturated rings. The van der Waals surface area contributed by atoms with Crippen LogP contribution in [0.4, 0.5) is 0 Å². The van der Waals surface area contributed by atoms with E-state index in [2.05, 4.69) is 5.32 Å². The van der Waals surface area contributed by atoms with Gasteiger partial charge in [0.15, 0.2) is 0 Å². The first-order valence-corrected chi connectivity index (χ1v) is 7.23. The minimum absolute atomic E-state index is 0.0162. The molecule has 0 unspecified atom stereocenters. The first-order chi connectivity index (χ1) is 10.5. The number of methoxy groups -OCH3 is 1. The summed E-state index contributed by atoms with van der Waals surface area (Å²) in [7, 11) is 1.51. The van der Waals surface area contributed by atoms with Gasteiger partial charge in [0.2, 0.25) is 5.91 Å². The summed E-state index contributed by atoms with van der Waals surface area (Å²) in [5.41, 5.74) is 0.471. The van der Waals surface area contributed by atoms with Crippen molar-refractivity contribution < 1.29 is 24.2 Å². The van der Waals surface area contributed by atoms with E-state index in [1.807, 2.05) is 0 Å². The smallest absolute Gasteiger partial charge is 0.326 e. The predicted octanol–water partition coefficient (Wildman–Crippen LogP) is 1.77. The molecule has 1 amide bonds. The highest BCUT2D eigenvalue weighted by Crippen LogP contribution is 2.25. The van der Waals surface area contributed by atoms with Crippen molar-refractivity contribution in [3.63, 3.8) is 0 Å². The third kappa shape index (κ3) is 6.19. The molecule has 1 atom stereocenters. The Bertz CT molecular complexity index is 504. The fraction of sp³-hybridized carbons (Fsp3) is 0.429. The van der Waals surface area contributed by atoms with Crippen molar-refractivity contribution in [3.8, 4) is 0 Å².